The molecule has 0 atom stereocenters. The second-order valence-corrected chi connectivity index (χ2v) is 8.23. The molecule has 1 aliphatic heterocycles. The summed E-state index contributed by atoms with van der Waals surface area (Å²) >= 11 is 9.52. The van der Waals surface area contributed by atoms with Crippen molar-refractivity contribution in [2.75, 3.05) is 11.9 Å². The molecule has 0 saturated carbocycles. The zero-order valence-corrected chi connectivity index (χ0v) is 17.8. The van der Waals surface area contributed by atoms with Gasteiger partial charge < -0.3 is 10.2 Å². The summed E-state index contributed by atoms with van der Waals surface area (Å²) in [7, 11) is 0. The Morgan fingerprint density at radius 3 is 2.55 bits per heavy atom. The van der Waals surface area contributed by atoms with Crippen LogP contribution in [0, 0.1) is 0 Å². The first-order valence-corrected chi connectivity index (χ1v) is 10.4. The van der Waals surface area contributed by atoms with Gasteiger partial charge in [0.1, 0.15) is 0 Å². The number of hydrogen-bond donors (Lipinski definition) is 1. The molecule has 3 aromatic carbocycles. The summed E-state index contributed by atoms with van der Waals surface area (Å²) in [5.41, 5.74) is 4.00. The first-order chi connectivity index (χ1) is 14.0. The number of nitrogens with zero attached hydrogens (tertiary/aromatic N) is 1. The Morgan fingerprint density at radius 2 is 1.76 bits per heavy atom. The number of amides is 2. The molecule has 0 radical (unpaired) electrons. The highest BCUT2D eigenvalue weighted by molar-refractivity contribution is 9.10. The fourth-order valence-electron chi connectivity index (χ4n) is 3.44. The molecule has 3 aromatic rings. The third kappa shape index (κ3) is 4.36. The molecule has 2 amide bonds. The number of fused-ring (bicyclic) bond motifs is 1. The van der Waals surface area contributed by atoms with Crippen molar-refractivity contribution >= 4 is 45.0 Å². The van der Waals surface area contributed by atoms with Crippen LogP contribution in [0.1, 0.15) is 31.8 Å². The van der Waals surface area contributed by atoms with Gasteiger partial charge in [-0.2, -0.15) is 0 Å². The molecule has 4 rings (SSSR count). The fraction of sp³-hybridized carbons (Fsp3) is 0.130. The van der Waals surface area contributed by atoms with E-state index in [0.717, 1.165) is 16.5 Å². The summed E-state index contributed by atoms with van der Waals surface area (Å²) in [6, 6.07) is 20.3. The lowest BCUT2D eigenvalue weighted by atomic mass is 9.98. The van der Waals surface area contributed by atoms with Gasteiger partial charge in [-0.15, -0.1) is 0 Å². The molecule has 0 bridgehead atoms. The summed E-state index contributed by atoms with van der Waals surface area (Å²) in [6.07, 6.45) is 0.791. The lowest BCUT2D eigenvalue weighted by Crippen LogP contribution is -2.36. The van der Waals surface area contributed by atoms with E-state index in [1.54, 1.807) is 18.2 Å². The molecule has 1 N–H and O–H groups in total. The fourth-order valence-corrected chi connectivity index (χ4v) is 4.01. The lowest BCUT2D eigenvalue weighted by Gasteiger charge is -2.29. The average molecular weight is 470 g/mol. The molecule has 0 unspecified atom stereocenters. The van der Waals surface area contributed by atoms with E-state index in [1.807, 2.05) is 53.4 Å². The van der Waals surface area contributed by atoms with Crippen LogP contribution in [0.3, 0.4) is 0 Å². The Kier molecular flexibility index (Phi) is 5.69. The van der Waals surface area contributed by atoms with Crippen LogP contribution in [0.15, 0.2) is 71.2 Å². The minimum Gasteiger partial charge on any atom is -0.334 e. The van der Waals surface area contributed by atoms with Gasteiger partial charge in [0, 0.05) is 28.8 Å². The molecule has 0 aromatic heterocycles. The number of nitrogens with one attached hydrogen (secondary N) is 1. The second-order valence-electron chi connectivity index (χ2n) is 6.90. The van der Waals surface area contributed by atoms with Crippen LogP contribution in [0.25, 0.3) is 0 Å². The van der Waals surface area contributed by atoms with Gasteiger partial charge in [0.2, 0.25) is 0 Å². The minimum absolute atomic E-state index is 0.0200. The molecule has 1 aliphatic rings. The van der Waals surface area contributed by atoms with Crippen molar-refractivity contribution in [2.45, 2.75) is 13.0 Å². The maximum absolute atomic E-state index is 12.8. The van der Waals surface area contributed by atoms with Gasteiger partial charge in [0.15, 0.2) is 0 Å². The first-order valence-electron chi connectivity index (χ1n) is 9.24. The van der Waals surface area contributed by atoms with Crippen molar-refractivity contribution in [3.8, 4) is 0 Å². The number of rotatable bonds is 3. The zero-order chi connectivity index (χ0) is 20.4. The van der Waals surface area contributed by atoms with Gasteiger partial charge in [-0.1, -0.05) is 51.8 Å². The van der Waals surface area contributed by atoms with Crippen molar-refractivity contribution in [2.24, 2.45) is 0 Å². The molecule has 4 nitrogen and oxygen atoms in total. The Morgan fingerprint density at radius 1 is 0.966 bits per heavy atom. The number of carbonyl (C=O) groups excluding carboxylic acids is 2. The predicted octanol–water partition coefficient (Wildman–Crippen LogP) is 5.55. The lowest BCUT2D eigenvalue weighted by molar-refractivity contribution is 0.0734. The number of halogens is 2. The van der Waals surface area contributed by atoms with Crippen LogP contribution in [0.2, 0.25) is 5.02 Å². The quantitative estimate of drug-likeness (QED) is 0.546. The molecular weight excluding hydrogens is 452 g/mol. The van der Waals surface area contributed by atoms with Crippen LogP contribution in [-0.2, 0) is 13.0 Å². The average Bonchev–Trinajstić information content (AvgIpc) is 2.75. The summed E-state index contributed by atoms with van der Waals surface area (Å²) in [4.78, 5) is 27.2. The van der Waals surface area contributed by atoms with E-state index in [4.69, 9.17) is 11.6 Å². The molecule has 6 heteroatoms. The van der Waals surface area contributed by atoms with Crippen LogP contribution in [-0.4, -0.2) is 23.3 Å². The van der Waals surface area contributed by atoms with E-state index in [9.17, 15) is 9.59 Å². The molecular formula is C23H18BrClN2O2. The van der Waals surface area contributed by atoms with Gasteiger partial charge in [-0.25, -0.2) is 0 Å². The summed E-state index contributed by atoms with van der Waals surface area (Å²) in [5.74, 6) is -0.254. The van der Waals surface area contributed by atoms with Crippen molar-refractivity contribution in [1.82, 2.24) is 4.90 Å². The van der Waals surface area contributed by atoms with Crippen LogP contribution >= 0.6 is 27.5 Å². The molecule has 1 heterocycles. The van der Waals surface area contributed by atoms with E-state index in [0.29, 0.717) is 34.9 Å². The Balaban J connectivity index is 1.52. The standard InChI is InChI=1S/C23H18BrClN2O2/c24-18-7-9-21(25)20(13-18)22(28)26-19-8-6-15-10-11-27(14-17(15)12-19)23(29)16-4-2-1-3-5-16/h1-9,12-13H,10-11,14H2,(H,26,28). The molecule has 0 fully saturated rings. The Bertz CT molecular complexity index is 1090. The van der Waals surface area contributed by atoms with Crippen LogP contribution in [0.5, 0.6) is 0 Å². The third-order valence-electron chi connectivity index (χ3n) is 4.96. The first kappa shape index (κ1) is 19.7. The smallest absolute Gasteiger partial charge is 0.257 e. The maximum atomic E-state index is 12.8. The van der Waals surface area contributed by atoms with Crippen molar-refractivity contribution in [3.05, 3.63) is 98.5 Å². The van der Waals surface area contributed by atoms with Gasteiger partial charge in [-0.3, -0.25) is 9.59 Å². The topological polar surface area (TPSA) is 49.4 Å². The van der Waals surface area contributed by atoms with Gasteiger partial charge in [0.25, 0.3) is 11.8 Å². The molecule has 29 heavy (non-hydrogen) atoms. The highest BCUT2D eigenvalue weighted by Crippen LogP contribution is 2.26. The second kappa shape index (κ2) is 8.39. The van der Waals surface area contributed by atoms with Crippen molar-refractivity contribution in [3.63, 3.8) is 0 Å². The summed E-state index contributed by atoms with van der Waals surface area (Å²) in [6.45, 7) is 1.20. The number of carbonyl (C=O) groups is 2. The SMILES string of the molecule is O=C(Nc1ccc2c(c1)CN(C(=O)c1ccccc1)CC2)c1cc(Br)ccc1Cl. The predicted molar refractivity (Wildman–Crippen MR) is 118 cm³/mol. The molecule has 0 saturated heterocycles. The van der Waals surface area contributed by atoms with E-state index in [1.165, 1.54) is 5.56 Å². The molecule has 0 spiro atoms. The normalized spacial score (nSPS) is 13.0. The maximum Gasteiger partial charge on any atom is 0.257 e. The Labute approximate surface area is 182 Å². The van der Waals surface area contributed by atoms with E-state index < -0.39 is 0 Å². The largest absolute Gasteiger partial charge is 0.334 e. The van der Waals surface area contributed by atoms with E-state index in [2.05, 4.69) is 21.2 Å². The van der Waals surface area contributed by atoms with E-state index >= 15 is 0 Å². The van der Waals surface area contributed by atoms with Crippen molar-refractivity contribution in [1.29, 1.82) is 0 Å². The number of anilines is 1. The minimum atomic E-state index is -0.274. The van der Waals surface area contributed by atoms with Gasteiger partial charge >= 0.3 is 0 Å². The summed E-state index contributed by atoms with van der Waals surface area (Å²) in [5, 5.41) is 3.30. The third-order valence-corrected chi connectivity index (χ3v) is 5.78. The monoisotopic (exact) mass is 468 g/mol. The van der Waals surface area contributed by atoms with E-state index in [-0.39, 0.29) is 11.8 Å². The van der Waals surface area contributed by atoms with Crippen LogP contribution < -0.4 is 5.32 Å². The Hall–Kier alpha value is -2.63. The molecule has 0 aliphatic carbocycles. The summed E-state index contributed by atoms with van der Waals surface area (Å²) < 4.78 is 0.785. The zero-order valence-electron chi connectivity index (χ0n) is 15.5. The number of benzene rings is 3. The highest BCUT2D eigenvalue weighted by atomic mass is 79.9. The van der Waals surface area contributed by atoms with Gasteiger partial charge in [-0.05, 0) is 60.0 Å². The van der Waals surface area contributed by atoms with Crippen molar-refractivity contribution < 1.29 is 9.59 Å². The molecule has 146 valence electrons. The van der Waals surface area contributed by atoms with Crippen LogP contribution in [0.4, 0.5) is 5.69 Å². The number of hydrogen-bond acceptors (Lipinski definition) is 2. The van der Waals surface area contributed by atoms with Gasteiger partial charge in [0.05, 0.1) is 10.6 Å². The highest BCUT2D eigenvalue weighted by Gasteiger charge is 2.22.